The monoisotopic (exact) mass is 223 g/mol. The lowest BCUT2D eigenvalue weighted by molar-refractivity contribution is -0.384. The van der Waals surface area contributed by atoms with E-state index in [0.717, 1.165) is 12.3 Å². The first-order valence-electron chi connectivity index (χ1n) is 3.94. The molecule has 3 N–H and O–H groups in total. The number of halogens is 3. The Labute approximate surface area is 82.2 Å². The van der Waals surface area contributed by atoms with Gasteiger partial charge in [-0.1, -0.05) is 0 Å². The summed E-state index contributed by atoms with van der Waals surface area (Å²) in [7, 11) is 0. The van der Waals surface area contributed by atoms with Crippen molar-refractivity contribution in [1.82, 2.24) is 4.98 Å². The second kappa shape index (κ2) is 3.89. The third-order valence-electron chi connectivity index (χ3n) is 1.75. The Morgan fingerprint density at radius 3 is 2.60 bits per heavy atom. The maximum atomic E-state index is 11.9. The number of nitrogens with two attached hydrogens (primary N) is 1. The Morgan fingerprint density at radius 1 is 1.60 bits per heavy atom. The number of nitrogens with zero attached hydrogens (tertiary/aromatic N) is 1. The average Bonchev–Trinajstić information content (AvgIpc) is 2.47. The predicted octanol–water partition coefficient (Wildman–Crippen LogP) is 1.88. The van der Waals surface area contributed by atoms with Gasteiger partial charge in [0.25, 0.3) is 5.69 Å². The molecule has 1 aromatic rings. The smallest absolute Gasteiger partial charge is 0.358 e. The van der Waals surface area contributed by atoms with Crippen LogP contribution in [0.3, 0.4) is 0 Å². The molecule has 0 aliphatic rings. The normalized spacial score (nSPS) is 13.9. The molecule has 8 heteroatoms. The maximum absolute atomic E-state index is 11.9. The number of nitrogens with one attached hydrogen (secondary N) is 1. The molecule has 0 spiro atoms. The summed E-state index contributed by atoms with van der Waals surface area (Å²) < 4.78 is 35.8. The van der Waals surface area contributed by atoms with Crippen LogP contribution in [-0.2, 0) is 0 Å². The highest BCUT2D eigenvalue weighted by atomic mass is 19.4. The minimum Gasteiger partial charge on any atom is -0.358 e. The summed E-state index contributed by atoms with van der Waals surface area (Å²) in [5, 5.41) is 10.2. The third kappa shape index (κ3) is 3.24. The van der Waals surface area contributed by atoms with Crippen LogP contribution in [0.4, 0.5) is 18.9 Å². The van der Waals surface area contributed by atoms with Crippen LogP contribution < -0.4 is 5.73 Å². The standard InChI is InChI=1S/C7H8F3N3O2/c8-7(9,10)2-5(11)6-1-4(3-12-6)13(14)15/h1,3,5,12H,2,11H2/t5-/m0/s1. The van der Waals surface area contributed by atoms with Crippen molar-refractivity contribution in [1.29, 1.82) is 0 Å². The van der Waals surface area contributed by atoms with Gasteiger partial charge in [-0.15, -0.1) is 0 Å². The van der Waals surface area contributed by atoms with Crippen LogP contribution in [0.1, 0.15) is 18.2 Å². The van der Waals surface area contributed by atoms with Crippen molar-refractivity contribution in [3.8, 4) is 0 Å². The number of H-pyrrole nitrogens is 1. The highest BCUT2D eigenvalue weighted by molar-refractivity contribution is 5.31. The molecule has 1 aromatic heterocycles. The molecular formula is C7H8F3N3O2. The van der Waals surface area contributed by atoms with E-state index >= 15 is 0 Å². The summed E-state index contributed by atoms with van der Waals surface area (Å²) in [5.41, 5.74) is 4.92. The molecule has 1 rings (SSSR count). The number of rotatable bonds is 3. The number of hydrogen-bond acceptors (Lipinski definition) is 3. The minimum atomic E-state index is -4.39. The fourth-order valence-electron chi connectivity index (χ4n) is 1.08. The first-order valence-corrected chi connectivity index (χ1v) is 3.94. The molecule has 0 saturated carbocycles. The van der Waals surface area contributed by atoms with Gasteiger partial charge in [0.05, 0.1) is 23.6 Å². The van der Waals surface area contributed by atoms with Crippen LogP contribution >= 0.6 is 0 Å². The maximum Gasteiger partial charge on any atom is 0.390 e. The number of hydrogen-bond donors (Lipinski definition) is 2. The van der Waals surface area contributed by atoms with Crippen LogP contribution in [0, 0.1) is 10.1 Å². The van der Waals surface area contributed by atoms with Crippen molar-refractivity contribution >= 4 is 5.69 Å². The summed E-state index contributed by atoms with van der Waals surface area (Å²) in [6.07, 6.45) is -4.60. The Morgan fingerprint density at radius 2 is 2.20 bits per heavy atom. The third-order valence-corrected chi connectivity index (χ3v) is 1.75. The van der Waals surface area contributed by atoms with E-state index in [2.05, 4.69) is 4.98 Å². The van der Waals surface area contributed by atoms with Gasteiger partial charge in [0.15, 0.2) is 0 Å². The Kier molecular flexibility index (Phi) is 2.98. The number of alkyl halides is 3. The molecule has 1 atom stereocenters. The zero-order chi connectivity index (χ0) is 11.6. The van der Waals surface area contributed by atoms with Crippen LogP contribution in [0.5, 0.6) is 0 Å². The summed E-state index contributed by atoms with van der Waals surface area (Å²) >= 11 is 0. The van der Waals surface area contributed by atoms with E-state index in [-0.39, 0.29) is 11.4 Å². The van der Waals surface area contributed by atoms with Gasteiger partial charge >= 0.3 is 6.18 Å². The second-order valence-corrected chi connectivity index (χ2v) is 3.00. The molecule has 0 aliphatic heterocycles. The first kappa shape index (κ1) is 11.5. The van der Waals surface area contributed by atoms with E-state index in [1.54, 1.807) is 0 Å². The van der Waals surface area contributed by atoms with Crippen molar-refractivity contribution in [2.75, 3.05) is 0 Å². The van der Waals surface area contributed by atoms with Crippen LogP contribution in [0.2, 0.25) is 0 Å². The number of aromatic nitrogens is 1. The minimum absolute atomic E-state index is 0.000903. The highest BCUT2D eigenvalue weighted by Crippen LogP contribution is 2.28. The summed E-state index contributed by atoms with van der Waals surface area (Å²) in [5.74, 6) is 0. The fraction of sp³-hybridized carbons (Fsp3) is 0.429. The van der Waals surface area contributed by atoms with Crippen molar-refractivity contribution in [2.45, 2.75) is 18.6 Å². The fourth-order valence-corrected chi connectivity index (χ4v) is 1.08. The zero-order valence-corrected chi connectivity index (χ0v) is 7.41. The van der Waals surface area contributed by atoms with Gasteiger partial charge in [-0.25, -0.2) is 0 Å². The number of aromatic amines is 1. The van der Waals surface area contributed by atoms with Crippen molar-refractivity contribution in [3.05, 3.63) is 28.1 Å². The molecule has 0 saturated heterocycles. The molecular weight excluding hydrogens is 215 g/mol. The summed E-state index contributed by atoms with van der Waals surface area (Å²) in [4.78, 5) is 11.9. The van der Waals surface area contributed by atoms with Gasteiger partial charge < -0.3 is 10.7 Å². The average molecular weight is 223 g/mol. The van der Waals surface area contributed by atoms with E-state index in [1.807, 2.05) is 0 Å². The Hall–Kier alpha value is -1.57. The molecule has 0 amide bonds. The van der Waals surface area contributed by atoms with E-state index < -0.39 is 23.6 Å². The molecule has 0 aliphatic carbocycles. The molecule has 0 unspecified atom stereocenters. The van der Waals surface area contributed by atoms with Gasteiger partial charge in [-0.2, -0.15) is 13.2 Å². The van der Waals surface area contributed by atoms with Gasteiger partial charge in [-0.05, 0) is 0 Å². The lowest BCUT2D eigenvalue weighted by atomic mass is 10.1. The highest BCUT2D eigenvalue weighted by Gasteiger charge is 2.31. The Bertz CT molecular complexity index is 361. The SMILES string of the molecule is N[C@@H](CC(F)(F)F)c1cc([N+](=O)[O-])c[nH]1. The largest absolute Gasteiger partial charge is 0.390 e. The van der Waals surface area contributed by atoms with E-state index in [1.165, 1.54) is 0 Å². The predicted molar refractivity (Wildman–Crippen MR) is 45.0 cm³/mol. The van der Waals surface area contributed by atoms with Crippen LogP contribution in [-0.4, -0.2) is 16.1 Å². The van der Waals surface area contributed by atoms with Gasteiger partial charge in [0, 0.05) is 11.8 Å². The zero-order valence-electron chi connectivity index (χ0n) is 7.41. The quantitative estimate of drug-likeness (QED) is 0.605. The lowest BCUT2D eigenvalue weighted by Gasteiger charge is -2.11. The molecule has 15 heavy (non-hydrogen) atoms. The van der Waals surface area contributed by atoms with Crippen LogP contribution in [0.25, 0.3) is 0 Å². The molecule has 5 nitrogen and oxygen atoms in total. The summed E-state index contributed by atoms with van der Waals surface area (Å²) in [6, 6.07) is -0.310. The first-order chi connectivity index (χ1) is 6.79. The van der Waals surface area contributed by atoms with Gasteiger partial charge in [-0.3, -0.25) is 10.1 Å². The molecule has 84 valence electrons. The van der Waals surface area contributed by atoms with Gasteiger partial charge in [0.2, 0.25) is 0 Å². The second-order valence-electron chi connectivity index (χ2n) is 3.00. The van der Waals surface area contributed by atoms with E-state index in [9.17, 15) is 23.3 Å². The van der Waals surface area contributed by atoms with E-state index in [0.29, 0.717) is 0 Å². The summed E-state index contributed by atoms with van der Waals surface area (Å²) in [6.45, 7) is 0. The molecule has 1 heterocycles. The number of nitro groups is 1. The molecule has 0 bridgehead atoms. The van der Waals surface area contributed by atoms with Crippen molar-refractivity contribution in [2.24, 2.45) is 5.73 Å². The topological polar surface area (TPSA) is 84.9 Å². The lowest BCUT2D eigenvalue weighted by Crippen LogP contribution is -2.20. The van der Waals surface area contributed by atoms with E-state index in [4.69, 9.17) is 5.73 Å². The Balaban J connectivity index is 2.74. The van der Waals surface area contributed by atoms with Crippen molar-refractivity contribution < 1.29 is 18.1 Å². The van der Waals surface area contributed by atoms with Gasteiger partial charge in [0.1, 0.15) is 0 Å². The van der Waals surface area contributed by atoms with Crippen LogP contribution in [0.15, 0.2) is 12.3 Å². The van der Waals surface area contributed by atoms with Crippen molar-refractivity contribution in [3.63, 3.8) is 0 Å². The molecule has 0 fully saturated rings. The molecule has 0 radical (unpaired) electrons. The molecule has 0 aromatic carbocycles.